The van der Waals surface area contributed by atoms with Crippen molar-refractivity contribution in [1.82, 2.24) is 4.90 Å². The van der Waals surface area contributed by atoms with E-state index in [0.29, 0.717) is 13.0 Å². The molecule has 0 aromatic heterocycles. The van der Waals surface area contributed by atoms with Gasteiger partial charge in [0.05, 0.1) is 18.1 Å². The Morgan fingerprint density at radius 2 is 2.12 bits per heavy atom. The number of likely N-dealkylation sites (tertiary alicyclic amines) is 1. The van der Waals surface area contributed by atoms with Crippen LogP contribution in [0.5, 0.6) is 0 Å². The number of aliphatic carboxylic acids is 1. The van der Waals surface area contributed by atoms with E-state index in [2.05, 4.69) is 6.58 Å². The molecule has 124 valence electrons. The highest BCUT2D eigenvalue weighted by Gasteiger charge is 2.69. The molecule has 5 nitrogen and oxygen atoms in total. The minimum Gasteiger partial charge on any atom is -0.550 e. The molecule has 0 unspecified atom stereocenters. The fourth-order valence-corrected chi connectivity index (χ4v) is 4.43. The molecular formula is C19H18NO4-. The first-order valence-corrected chi connectivity index (χ1v) is 8.12. The number of benzene rings is 1. The molecule has 1 spiro atoms. The summed E-state index contributed by atoms with van der Waals surface area (Å²) in [4.78, 5) is 26.4. The number of carboxylic acid groups (broad SMARTS) is 1. The molecule has 1 aromatic rings. The minimum atomic E-state index is -1.22. The van der Waals surface area contributed by atoms with Gasteiger partial charge in [0.1, 0.15) is 5.60 Å². The van der Waals surface area contributed by atoms with Crippen LogP contribution in [0.25, 0.3) is 0 Å². The largest absolute Gasteiger partial charge is 0.550 e. The summed E-state index contributed by atoms with van der Waals surface area (Å²) in [5.41, 5.74) is 0.120. The quantitative estimate of drug-likeness (QED) is 0.746. The van der Waals surface area contributed by atoms with Crippen LogP contribution in [-0.4, -0.2) is 34.5 Å². The van der Waals surface area contributed by atoms with Gasteiger partial charge in [-0.3, -0.25) is 4.79 Å². The smallest absolute Gasteiger partial charge is 0.230 e. The van der Waals surface area contributed by atoms with Crippen molar-refractivity contribution >= 4 is 11.9 Å². The summed E-state index contributed by atoms with van der Waals surface area (Å²) in [6.45, 7) is 4.22. The number of hydrogen-bond acceptors (Lipinski definition) is 4. The Balaban J connectivity index is 1.73. The SMILES string of the molecule is C=CC[C@H]1N(Cc2ccccc2)C(=O)[C@@H]2[C@@H](C(=O)[O-])[C@@H]3C=C[C@]21O3. The maximum absolute atomic E-state index is 13.1. The van der Waals surface area contributed by atoms with E-state index in [4.69, 9.17) is 4.74 Å². The molecule has 2 bridgehead atoms. The summed E-state index contributed by atoms with van der Waals surface area (Å²) < 4.78 is 6.02. The third kappa shape index (κ3) is 1.91. The van der Waals surface area contributed by atoms with Gasteiger partial charge in [0.15, 0.2) is 0 Å². The van der Waals surface area contributed by atoms with Gasteiger partial charge in [-0.25, -0.2) is 0 Å². The highest BCUT2D eigenvalue weighted by Crippen LogP contribution is 2.55. The van der Waals surface area contributed by atoms with Crippen LogP contribution in [0.2, 0.25) is 0 Å². The molecule has 3 aliphatic rings. The number of carbonyl (C=O) groups excluding carboxylic acids is 2. The third-order valence-electron chi connectivity index (χ3n) is 5.39. The molecule has 0 saturated carbocycles. The first kappa shape index (κ1) is 15.1. The lowest BCUT2D eigenvalue weighted by atomic mass is 9.74. The second-order valence-corrected chi connectivity index (χ2v) is 6.61. The minimum absolute atomic E-state index is 0.174. The molecule has 1 aromatic carbocycles. The lowest BCUT2D eigenvalue weighted by Crippen LogP contribution is -2.46. The van der Waals surface area contributed by atoms with Gasteiger partial charge in [0, 0.05) is 18.4 Å². The van der Waals surface area contributed by atoms with E-state index >= 15 is 0 Å². The van der Waals surface area contributed by atoms with Crippen LogP contribution in [0.15, 0.2) is 55.1 Å². The second kappa shape index (κ2) is 5.31. The van der Waals surface area contributed by atoms with Gasteiger partial charge in [0.2, 0.25) is 5.91 Å². The van der Waals surface area contributed by atoms with Crippen molar-refractivity contribution in [2.75, 3.05) is 0 Å². The first-order valence-electron chi connectivity index (χ1n) is 8.12. The standard InChI is InChI=1S/C19H19NO4/c1-2-6-14-19-10-9-13(24-19)15(18(22)23)16(19)17(21)20(14)11-12-7-4-3-5-8-12/h2-5,7-10,13-16H,1,6,11H2,(H,22,23)/p-1/t13-,14+,15-,16-,19+/m0/s1. The number of carboxylic acids is 1. The predicted molar refractivity (Wildman–Crippen MR) is 84.3 cm³/mol. The molecule has 0 radical (unpaired) electrons. The summed E-state index contributed by atoms with van der Waals surface area (Å²) in [5, 5.41) is 11.6. The van der Waals surface area contributed by atoms with Gasteiger partial charge in [-0.15, -0.1) is 6.58 Å². The number of fused-ring (bicyclic) bond motifs is 1. The number of nitrogens with zero attached hydrogens (tertiary/aromatic N) is 1. The zero-order valence-corrected chi connectivity index (χ0v) is 13.1. The maximum Gasteiger partial charge on any atom is 0.230 e. The average molecular weight is 324 g/mol. The summed E-state index contributed by atoms with van der Waals surface area (Å²) in [5.74, 6) is -3.03. The summed E-state index contributed by atoms with van der Waals surface area (Å²) in [6, 6.07) is 9.41. The van der Waals surface area contributed by atoms with Gasteiger partial charge < -0.3 is 19.5 Å². The zero-order chi connectivity index (χ0) is 16.9. The van der Waals surface area contributed by atoms with E-state index in [1.165, 1.54) is 0 Å². The Hall–Kier alpha value is -2.40. The first-order chi connectivity index (χ1) is 11.6. The molecule has 2 fully saturated rings. The number of rotatable bonds is 5. The van der Waals surface area contributed by atoms with Crippen molar-refractivity contribution in [3.8, 4) is 0 Å². The van der Waals surface area contributed by atoms with Gasteiger partial charge in [0.25, 0.3) is 0 Å². The highest BCUT2D eigenvalue weighted by atomic mass is 16.5. The molecule has 1 amide bonds. The lowest BCUT2D eigenvalue weighted by Gasteiger charge is -2.32. The van der Waals surface area contributed by atoms with Crippen LogP contribution in [0.3, 0.4) is 0 Å². The van der Waals surface area contributed by atoms with Crippen LogP contribution >= 0.6 is 0 Å². The van der Waals surface area contributed by atoms with Crippen molar-refractivity contribution in [3.63, 3.8) is 0 Å². The summed E-state index contributed by atoms with van der Waals surface area (Å²) >= 11 is 0. The van der Waals surface area contributed by atoms with E-state index in [-0.39, 0.29) is 11.9 Å². The van der Waals surface area contributed by atoms with Gasteiger partial charge >= 0.3 is 0 Å². The van der Waals surface area contributed by atoms with Crippen LogP contribution in [0, 0.1) is 11.8 Å². The van der Waals surface area contributed by atoms with Crippen molar-refractivity contribution in [2.45, 2.75) is 30.7 Å². The number of carbonyl (C=O) groups is 2. The fourth-order valence-electron chi connectivity index (χ4n) is 4.43. The van der Waals surface area contributed by atoms with E-state index in [9.17, 15) is 14.7 Å². The van der Waals surface area contributed by atoms with E-state index in [1.807, 2.05) is 36.4 Å². The monoisotopic (exact) mass is 324 g/mol. The van der Waals surface area contributed by atoms with Crippen molar-refractivity contribution in [3.05, 3.63) is 60.7 Å². The van der Waals surface area contributed by atoms with Gasteiger partial charge in [-0.1, -0.05) is 48.6 Å². The topological polar surface area (TPSA) is 69.7 Å². The average Bonchev–Trinajstić information content (AvgIpc) is 3.20. The molecule has 3 aliphatic heterocycles. The summed E-state index contributed by atoms with van der Waals surface area (Å²) in [6.07, 6.45) is 5.36. The predicted octanol–water partition coefficient (Wildman–Crippen LogP) is 0.663. The number of hydrogen-bond donors (Lipinski definition) is 0. The van der Waals surface area contributed by atoms with E-state index in [1.54, 1.807) is 17.1 Å². The Bertz CT molecular complexity index is 728. The molecule has 4 rings (SSSR count). The Kier molecular flexibility index (Phi) is 3.35. The fraction of sp³-hybridized carbons (Fsp3) is 0.368. The Morgan fingerprint density at radius 1 is 1.38 bits per heavy atom. The van der Waals surface area contributed by atoms with Gasteiger partial charge in [-0.2, -0.15) is 0 Å². The second-order valence-electron chi connectivity index (χ2n) is 6.61. The summed E-state index contributed by atoms with van der Waals surface area (Å²) in [7, 11) is 0. The van der Waals surface area contributed by atoms with Crippen LogP contribution in [0.1, 0.15) is 12.0 Å². The molecule has 2 saturated heterocycles. The van der Waals surface area contributed by atoms with Crippen LogP contribution in [-0.2, 0) is 20.9 Å². The van der Waals surface area contributed by atoms with Crippen molar-refractivity contribution < 1.29 is 19.4 Å². The number of ether oxygens (including phenoxy) is 1. The molecular weight excluding hydrogens is 306 g/mol. The molecule has 5 heteroatoms. The molecule has 3 heterocycles. The Labute approximate surface area is 140 Å². The molecule has 0 N–H and O–H groups in total. The van der Waals surface area contributed by atoms with Crippen LogP contribution in [0.4, 0.5) is 0 Å². The van der Waals surface area contributed by atoms with E-state index in [0.717, 1.165) is 5.56 Å². The molecule has 5 atom stereocenters. The van der Waals surface area contributed by atoms with Crippen molar-refractivity contribution in [2.24, 2.45) is 11.8 Å². The third-order valence-corrected chi connectivity index (χ3v) is 5.39. The van der Waals surface area contributed by atoms with Crippen LogP contribution < -0.4 is 5.11 Å². The van der Waals surface area contributed by atoms with Gasteiger partial charge in [-0.05, 0) is 12.0 Å². The zero-order valence-electron chi connectivity index (χ0n) is 13.1. The lowest BCUT2D eigenvalue weighted by molar-refractivity contribution is -0.313. The number of amides is 1. The Morgan fingerprint density at radius 3 is 2.79 bits per heavy atom. The maximum atomic E-state index is 13.1. The van der Waals surface area contributed by atoms with E-state index < -0.39 is 29.5 Å². The normalized spacial score (nSPS) is 36.2. The molecule has 24 heavy (non-hydrogen) atoms. The highest BCUT2D eigenvalue weighted by molar-refractivity contribution is 5.91. The van der Waals surface area contributed by atoms with Crippen molar-refractivity contribution in [1.29, 1.82) is 0 Å². The molecule has 0 aliphatic carbocycles.